The van der Waals surface area contributed by atoms with Crippen molar-refractivity contribution in [1.29, 1.82) is 0 Å². The van der Waals surface area contributed by atoms with E-state index in [2.05, 4.69) is 5.32 Å². The Balaban J connectivity index is 2.01. The molecule has 2 amide bonds. The minimum Gasteiger partial charge on any atom is -0.492 e. The van der Waals surface area contributed by atoms with Gasteiger partial charge in [-0.05, 0) is 55.0 Å². The number of ether oxygens (including phenoxy) is 1. The third kappa shape index (κ3) is 4.00. The van der Waals surface area contributed by atoms with E-state index in [1.54, 1.807) is 36.4 Å². The molecule has 5 nitrogen and oxygen atoms in total. The minimum atomic E-state index is -0.622. The van der Waals surface area contributed by atoms with Crippen LogP contribution in [0, 0.1) is 0 Å². The van der Waals surface area contributed by atoms with Crippen molar-refractivity contribution in [3.63, 3.8) is 0 Å². The molecule has 1 fully saturated rings. The summed E-state index contributed by atoms with van der Waals surface area (Å²) in [5, 5.41) is 3.19. The van der Waals surface area contributed by atoms with Crippen molar-refractivity contribution < 1.29 is 14.3 Å². The number of carbonyl (C=O) groups excluding carboxylic acids is 2. The smallest absolute Gasteiger partial charge is 0.270 e. The third-order valence-corrected chi connectivity index (χ3v) is 5.23. The van der Waals surface area contributed by atoms with Crippen molar-refractivity contribution in [2.24, 2.45) is 0 Å². The molecule has 0 bridgehead atoms. The fraction of sp³-hybridized carbons (Fsp3) is 0.105. The summed E-state index contributed by atoms with van der Waals surface area (Å²) in [5.74, 6) is -0.725. The van der Waals surface area contributed by atoms with Gasteiger partial charge in [0.05, 0.1) is 27.4 Å². The highest BCUT2D eigenvalue weighted by Gasteiger charge is 2.35. The highest BCUT2D eigenvalue weighted by Crippen LogP contribution is 2.34. The Bertz CT molecular complexity index is 1020. The van der Waals surface area contributed by atoms with Crippen LogP contribution in [0.4, 0.5) is 5.69 Å². The molecule has 144 valence electrons. The van der Waals surface area contributed by atoms with Gasteiger partial charge in [-0.3, -0.25) is 19.8 Å². The van der Waals surface area contributed by atoms with Gasteiger partial charge in [0.25, 0.3) is 11.8 Å². The monoisotopic (exact) mass is 454 g/mol. The average molecular weight is 456 g/mol. The highest BCUT2D eigenvalue weighted by atomic mass is 35.5. The van der Waals surface area contributed by atoms with E-state index < -0.39 is 11.8 Å². The van der Waals surface area contributed by atoms with Crippen molar-refractivity contribution in [1.82, 2.24) is 5.32 Å². The van der Waals surface area contributed by atoms with Crippen LogP contribution in [0.2, 0.25) is 15.1 Å². The summed E-state index contributed by atoms with van der Waals surface area (Å²) < 4.78 is 5.39. The highest BCUT2D eigenvalue weighted by molar-refractivity contribution is 7.80. The fourth-order valence-corrected chi connectivity index (χ4v) is 3.48. The molecule has 0 spiro atoms. The first-order valence-corrected chi connectivity index (χ1v) is 9.65. The molecule has 1 N–H and O–H groups in total. The zero-order valence-corrected chi connectivity index (χ0v) is 17.5. The molecule has 0 aromatic heterocycles. The summed E-state index contributed by atoms with van der Waals surface area (Å²) in [7, 11) is 0. The summed E-state index contributed by atoms with van der Waals surface area (Å²) in [6.07, 6.45) is 1.42. The summed E-state index contributed by atoms with van der Waals surface area (Å²) in [6.45, 7) is 2.31. The maximum absolute atomic E-state index is 13.0. The topological polar surface area (TPSA) is 58.6 Å². The van der Waals surface area contributed by atoms with Crippen LogP contribution in [0.3, 0.4) is 0 Å². The number of carbonyl (C=O) groups is 2. The summed E-state index contributed by atoms with van der Waals surface area (Å²) in [6, 6.07) is 9.76. The Morgan fingerprint density at radius 2 is 1.89 bits per heavy atom. The van der Waals surface area contributed by atoms with Crippen LogP contribution < -0.4 is 15.0 Å². The lowest BCUT2D eigenvalue weighted by Crippen LogP contribution is -2.54. The quantitative estimate of drug-likeness (QED) is 0.406. The van der Waals surface area contributed by atoms with Crippen molar-refractivity contribution in [2.75, 3.05) is 11.5 Å². The standard InChI is InChI=1S/C19H13Cl3N2O3S/c1-2-27-15-7-6-10(9-13(15)21)8-11-17(25)23-19(28)24(18(11)26)14-5-3-4-12(20)16(14)22/h3-9H,2H2,1H3,(H,23,25,28)/b11-8+. The largest absolute Gasteiger partial charge is 0.492 e. The maximum Gasteiger partial charge on any atom is 0.270 e. The normalized spacial score (nSPS) is 15.8. The van der Waals surface area contributed by atoms with Gasteiger partial charge in [-0.2, -0.15) is 0 Å². The summed E-state index contributed by atoms with van der Waals surface area (Å²) in [5.41, 5.74) is 0.710. The van der Waals surface area contributed by atoms with Crippen molar-refractivity contribution in [2.45, 2.75) is 6.92 Å². The lowest BCUT2D eigenvalue weighted by atomic mass is 10.1. The molecule has 9 heteroatoms. The van der Waals surface area contributed by atoms with E-state index in [1.807, 2.05) is 6.92 Å². The first-order valence-electron chi connectivity index (χ1n) is 8.11. The molecule has 0 radical (unpaired) electrons. The van der Waals surface area contributed by atoms with Crippen LogP contribution in [0.5, 0.6) is 5.75 Å². The lowest BCUT2D eigenvalue weighted by Gasteiger charge is -2.29. The Morgan fingerprint density at radius 1 is 1.14 bits per heavy atom. The molecule has 1 heterocycles. The van der Waals surface area contributed by atoms with Gasteiger partial charge in [0.2, 0.25) is 0 Å². The number of nitrogens with one attached hydrogen (secondary N) is 1. The molecule has 28 heavy (non-hydrogen) atoms. The van der Waals surface area contributed by atoms with Crippen LogP contribution in [-0.2, 0) is 9.59 Å². The fourth-order valence-electron chi connectivity index (χ4n) is 2.59. The number of hydrogen-bond donors (Lipinski definition) is 1. The number of hydrogen-bond acceptors (Lipinski definition) is 4. The second kappa shape index (κ2) is 8.49. The van der Waals surface area contributed by atoms with E-state index in [0.29, 0.717) is 22.9 Å². The first-order chi connectivity index (χ1) is 13.3. The molecule has 1 aliphatic rings. The van der Waals surface area contributed by atoms with Gasteiger partial charge in [-0.15, -0.1) is 0 Å². The van der Waals surface area contributed by atoms with E-state index >= 15 is 0 Å². The van der Waals surface area contributed by atoms with E-state index in [-0.39, 0.29) is 26.4 Å². The number of thiocarbonyl (C=S) groups is 1. The predicted octanol–water partition coefficient (Wildman–Crippen LogP) is 4.88. The van der Waals surface area contributed by atoms with Crippen molar-refractivity contribution >= 4 is 75.7 Å². The Labute approximate surface area is 181 Å². The minimum absolute atomic E-state index is 0.0824. The summed E-state index contributed by atoms with van der Waals surface area (Å²) >= 11 is 23.6. The van der Waals surface area contributed by atoms with E-state index in [4.69, 9.17) is 51.8 Å². The second-order valence-electron chi connectivity index (χ2n) is 5.65. The van der Waals surface area contributed by atoms with Crippen LogP contribution in [0.15, 0.2) is 42.0 Å². The van der Waals surface area contributed by atoms with Gasteiger partial charge in [0.15, 0.2) is 5.11 Å². The number of amides is 2. The van der Waals surface area contributed by atoms with Gasteiger partial charge >= 0.3 is 0 Å². The number of nitrogens with zero attached hydrogens (tertiary/aromatic N) is 1. The van der Waals surface area contributed by atoms with Crippen LogP contribution in [-0.4, -0.2) is 23.5 Å². The molecule has 1 saturated heterocycles. The van der Waals surface area contributed by atoms with Crippen molar-refractivity contribution in [3.05, 3.63) is 62.6 Å². The molecule has 3 rings (SSSR count). The van der Waals surface area contributed by atoms with Crippen molar-refractivity contribution in [3.8, 4) is 5.75 Å². The van der Waals surface area contributed by atoms with Gasteiger partial charge in [0.1, 0.15) is 11.3 Å². The number of rotatable bonds is 4. The second-order valence-corrected chi connectivity index (χ2v) is 7.23. The maximum atomic E-state index is 13.0. The number of halogens is 3. The molecule has 2 aromatic carbocycles. The van der Waals surface area contributed by atoms with Crippen LogP contribution in [0.25, 0.3) is 6.08 Å². The number of anilines is 1. The molecule has 0 saturated carbocycles. The Kier molecular flexibility index (Phi) is 6.25. The molecular weight excluding hydrogens is 443 g/mol. The third-order valence-electron chi connectivity index (χ3n) is 3.84. The van der Waals surface area contributed by atoms with Gasteiger partial charge in [-0.25, -0.2) is 0 Å². The molecule has 0 unspecified atom stereocenters. The Hall–Kier alpha value is -2.12. The zero-order chi connectivity index (χ0) is 20.4. The first kappa shape index (κ1) is 20.6. The van der Waals surface area contributed by atoms with Crippen LogP contribution >= 0.6 is 47.0 Å². The van der Waals surface area contributed by atoms with E-state index in [0.717, 1.165) is 4.90 Å². The molecular formula is C19H13Cl3N2O3S. The van der Waals surface area contributed by atoms with Crippen LogP contribution in [0.1, 0.15) is 12.5 Å². The van der Waals surface area contributed by atoms with E-state index in [1.165, 1.54) is 6.08 Å². The molecule has 0 aliphatic carbocycles. The van der Waals surface area contributed by atoms with Gasteiger partial charge in [0, 0.05) is 0 Å². The Morgan fingerprint density at radius 3 is 2.57 bits per heavy atom. The molecule has 0 atom stereocenters. The SMILES string of the molecule is CCOc1ccc(/C=C2\C(=O)NC(=S)N(c3cccc(Cl)c3Cl)C2=O)cc1Cl. The zero-order valence-electron chi connectivity index (χ0n) is 14.5. The lowest BCUT2D eigenvalue weighted by molar-refractivity contribution is -0.122. The predicted molar refractivity (Wildman–Crippen MR) is 115 cm³/mol. The van der Waals surface area contributed by atoms with Gasteiger partial charge in [-0.1, -0.05) is 46.9 Å². The van der Waals surface area contributed by atoms with Gasteiger partial charge < -0.3 is 4.74 Å². The average Bonchev–Trinajstić information content (AvgIpc) is 2.64. The van der Waals surface area contributed by atoms with E-state index in [9.17, 15) is 9.59 Å². The molecule has 1 aliphatic heterocycles. The number of benzene rings is 2. The summed E-state index contributed by atoms with van der Waals surface area (Å²) in [4.78, 5) is 26.5. The molecule has 2 aromatic rings.